The standard InChI is InChI=1S/C12H21ClO2/c1-3-14-12(15-4-2)10-8-6-5-7-9-11-13/h12H,3-7,9,11H2,1-2H3. The van der Waals surface area contributed by atoms with Gasteiger partial charge in [-0.3, -0.25) is 0 Å². The molecular weight excluding hydrogens is 212 g/mol. The van der Waals surface area contributed by atoms with Crippen molar-refractivity contribution >= 4 is 11.6 Å². The van der Waals surface area contributed by atoms with E-state index in [1.165, 1.54) is 0 Å². The van der Waals surface area contributed by atoms with E-state index in [1.54, 1.807) is 0 Å². The lowest BCUT2D eigenvalue weighted by Crippen LogP contribution is -2.14. The van der Waals surface area contributed by atoms with Crippen molar-refractivity contribution in [3.63, 3.8) is 0 Å². The molecule has 0 rings (SSSR count). The SMILES string of the molecule is CCOC(C#CCCCCCCl)OCC. The molecule has 0 aromatic rings. The lowest BCUT2D eigenvalue weighted by atomic mass is 10.2. The van der Waals surface area contributed by atoms with Crippen molar-refractivity contribution in [2.45, 2.75) is 45.8 Å². The lowest BCUT2D eigenvalue weighted by molar-refractivity contribution is -0.0970. The van der Waals surface area contributed by atoms with Crippen LogP contribution >= 0.6 is 11.6 Å². The molecule has 3 heteroatoms. The van der Waals surface area contributed by atoms with E-state index in [4.69, 9.17) is 21.1 Å². The quantitative estimate of drug-likeness (QED) is 0.277. The molecule has 0 aromatic heterocycles. The van der Waals surface area contributed by atoms with Crippen LogP contribution in [-0.4, -0.2) is 25.4 Å². The first kappa shape index (κ1) is 14.8. The first-order chi connectivity index (χ1) is 7.35. The third kappa shape index (κ3) is 10.1. The topological polar surface area (TPSA) is 18.5 Å². The fraction of sp³-hybridized carbons (Fsp3) is 0.833. The average Bonchev–Trinajstić information content (AvgIpc) is 2.24. The summed E-state index contributed by atoms with van der Waals surface area (Å²) < 4.78 is 10.6. The van der Waals surface area contributed by atoms with Gasteiger partial charge < -0.3 is 9.47 Å². The summed E-state index contributed by atoms with van der Waals surface area (Å²) >= 11 is 5.57. The molecule has 15 heavy (non-hydrogen) atoms. The molecule has 0 radical (unpaired) electrons. The maximum Gasteiger partial charge on any atom is 0.222 e. The largest absolute Gasteiger partial charge is 0.342 e. The summed E-state index contributed by atoms with van der Waals surface area (Å²) in [6, 6.07) is 0. The molecule has 0 atom stereocenters. The van der Waals surface area contributed by atoms with Crippen LogP contribution < -0.4 is 0 Å². The van der Waals surface area contributed by atoms with Crippen LogP contribution in [-0.2, 0) is 9.47 Å². The van der Waals surface area contributed by atoms with Gasteiger partial charge in [-0.05, 0) is 32.6 Å². The molecule has 88 valence electrons. The summed E-state index contributed by atoms with van der Waals surface area (Å²) in [5, 5.41) is 0. The zero-order valence-corrected chi connectivity index (χ0v) is 10.5. The summed E-state index contributed by atoms with van der Waals surface area (Å²) in [7, 11) is 0. The van der Waals surface area contributed by atoms with Gasteiger partial charge in [0.15, 0.2) is 0 Å². The summed E-state index contributed by atoms with van der Waals surface area (Å²) in [5.74, 6) is 6.79. The van der Waals surface area contributed by atoms with Crippen LogP contribution in [0, 0.1) is 11.8 Å². The number of ether oxygens (including phenoxy) is 2. The van der Waals surface area contributed by atoms with Crippen LogP contribution in [0.5, 0.6) is 0 Å². The molecule has 0 unspecified atom stereocenters. The summed E-state index contributed by atoms with van der Waals surface area (Å²) in [6.45, 7) is 5.14. The van der Waals surface area contributed by atoms with E-state index < -0.39 is 0 Å². The molecule has 0 aliphatic heterocycles. The second-order valence-electron chi connectivity index (χ2n) is 3.06. The minimum absolute atomic E-state index is 0.354. The molecule has 0 saturated heterocycles. The van der Waals surface area contributed by atoms with Gasteiger partial charge in [0.25, 0.3) is 0 Å². The summed E-state index contributed by atoms with van der Waals surface area (Å²) in [4.78, 5) is 0. The highest BCUT2D eigenvalue weighted by Crippen LogP contribution is 2.00. The van der Waals surface area contributed by atoms with Gasteiger partial charge >= 0.3 is 0 Å². The molecule has 0 aliphatic rings. The van der Waals surface area contributed by atoms with Crippen LogP contribution in [0.2, 0.25) is 0 Å². The molecule has 0 spiro atoms. The minimum Gasteiger partial charge on any atom is -0.342 e. The first-order valence-electron chi connectivity index (χ1n) is 5.62. The van der Waals surface area contributed by atoms with Gasteiger partial charge in [-0.2, -0.15) is 0 Å². The molecule has 0 aliphatic carbocycles. The summed E-state index contributed by atoms with van der Waals surface area (Å²) in [5.41, 5.74) is 0. The number of hydrogen-bond acceptors (Lipinski definition) is 2. The Hall–Kier alpha value is -0.230. The van der Waals surface area contributed by atoms with Crippen molar-refractivity contribution in [1.29, 1.82) is 0 Å². The van der Waals surface area contributed by atoms with Crippen molar-refractivity contribution in [3.8, 4) is 11.8 Å². The number of hydrogen-bond donors (Lipinski definition) is 0. The van der Waals surface area contributed by atoms with Crippen LogP contribution in [0.1, 0.15) is 39.5 Å². The zero-order valence-electron chi connectivity index (χ0n) is 9.72. The fourth-order valence-corrected chi connectivity index (χ4v) is 1.26. The highest BCUT2D eigenvalue weighted by molar-refractivity contribution is 6.17. The predicted octanol–water partition coefficient (Wildman–Crippen LogP) is 3.19. The molecule has 0 fully saturated rings. The smallest absolute Gasteiger partial charge is 0.222 e. The second-order valence-corrected chi connectivity index (χ2v) is 3.44. The normalized spacial score (nSPS) is 10.1. The number of halogens is 1. The Labute approximate surface area is 98.3 Å². The van der Waals surface area contributed by atoms with Crippen LogP contribution in [0.15, 0.2) is 0 Å². The number of alkyl halides is 1. The lowest BCUT2D eigenvalue weighted by Gasteiger charge is -2.09. The van der Waals surface area contributed by atoms with Gasteiger partial charge in [-0.15, -0.1) is 11.6 Å². The molecule has 2 nitrogen and oxygen atoms in total. The van der Waals surface area contributed by atoms with Gasteiger partial charge in [0.1, 0.15) is 0 Å². The fourth-order valence-electron chi connectivity index (χ4n) is 1.07. The molecule has 0 aromatic carbocycles. The molecule has 0 saturated carbocycles. The van der Waals surface area contributed by atoms with Crippen LogP contribution in [0.4, 0.5) is 0 Å². The van der Waals surface area contributed by atoms with Crippen molar-refractivity contribution in [1.82, 2.24) is 0 Å². The third-order valence-electron chi connectivity index (χ3n) is 1.79. The van der Waals surface area contributed by atoms with Crippen molar-refractivity contribution in [2.75, 3.05) is 19.1 Å². The van der Waals surface area contributed by atoms with Crippen molar-refractivity contribution < 1.29 is 9.47 Å². The predicted molar refractivity (Wildman–Crippen MR) is 64.0 cm³/mol. The molecule has 0 N–H and O–H groups in total. The van der Waals surface area contributed by atoms with Gasteiger partial charge in [0, 0.05) is 25.5 Å². The Morgan fingerprint density at radius 1 is 1.07 bits per heavy atom. The van der Waals surface area contributed by atoms with Crippen molar-refractivity contribution in [2.24, 2.45) is 0 Å². The molecule has 0 bridgehead atoms. The van der Waals surface area contributed by atoms with Gasteiger partial charge in [0.05, 0.1) is 0 Å². The molecular formula is C12H21ClO2. The maximum atomic E-state index is 5.57. The Morgan fingerprint density at radius 3 is 2.27 bits per heavy atom. The Kier molecular flexibility index (Phi) is 11.7. The van der Waals surface area contributed by atoms with E-state index in [9.17, 15) is 0 Å². The summed E-state index contributed by atoms with van der Waals surface area (Å²) in [6.07, 6.45) is 3.86. The Bertz CT molecular complexity index is 178. The minimum atomic E-state index is -0.354. The monoisotopic (exact) mass is 232 g/mol. The first-order valence-corrected chi connectivity index (χ1v) is 6.16. The van der Waals surface area contributed by atoms with E-state index >= 15 is 0 Å². The van der Waals surface area contributed by atoms with Crippen LogP contribution in [0.3, 0.4) is 0 Å². The van der Waals surface area contributed by atoms with E-state index in [1.807, 2.05) is 13.8 Å². The average molecular weight is 233 g/mol. The van der Waals surface area contributed by atoms with Gasteiger partial charge in [0.2, 0.25) is 6.29 Å². The Morgan fingerprint density at radius 2 is 1.73 bits per heavy atom. The van der Waals surface area contributed by atoms with E-state index in [0.717, 1.165) is 31.6 Å². The number of rotatable bonds is 8. The third-order valence-corrected chi connectivity index (χ3v) is 2.06. The van der Waals surface area contributed by atoms with E-state index in [-0.39, 0.29) is 6.29 Å². The van der Waals surface area contributed by atoms with Crippen molar-refractivity contribution in [3.05, 3.63) is 0 Å². The maximum absolute atomic E-state index is 5.57. The van der Waals surface area contributed by atoms with E-state index in [2.05, 4.69) is 11.8 Å². The van der Waals surface area contributed by atoms with Gasteiger partial charge in [-0.1, -0.05) is 12.3 Å². The number of unbranched alkanes of at least 4 members (excludes halogenated alkanes) is 3. The Balaban J connectivity index is 3.59. The second kappa shape index (κ2) is 11.8. The highest BCUT2D eigenvalue weighted by Gasteiger charge is 2.00. The van der Waals surface area contributed by atoms with E-state index in [0.29, 0.717) is 13.2 Å². The zero-order chi connectivity index (χ0) is 11.4. The molecule has 0 heterocycles. The van der Waals surface area contributed by atoms with Gasteiger partial charge in [-0.25, -0.2) is 0 Å². The van der Waals surface area contributed by atoms with Crippen LogP contribution in [0.25, 0.3) is 0 Å². The molecule has 0 amide bonds. The highest BCUT2D eigenvalue weighted by atomic mass is 35.5.